The number of fused-ring (bicyclic) bond motifs is 5. The molecule has 1 aromatic heterocycles. The molecule has 1 aliphatic carbocycles. The molecule has 54 heavy (non-hydrogen) atoms. The second kappa shape index (κ2) is 16.0. The van der Waals surface area contributed by atoms with Gasteiger partial charge in [-0.2, -0.15) is 0 Å². The number of phenols is 1. The SMILES string of the molecule is O=C(NC1(C(=O)O[C@H]2CN3CCC2CC3)c2ccccc2CC1C(=O)O)c1cccc(OCCCCCNC[C@H](O)c2ccc(O)c3[nH]c(=O)ccc23)c1. The molecule has 6 N–H and O–H groups in total. The van der Waals surface area contributed by atoms with E-state index in [9.17, 15) is 34.5 Å². The number of unbranched alkanes of at least 4 members (excludes halogenated alkanes) is 2. The van der Waals surface area contributed by atoms with Crippen LogP contribution in [-0.4, -0.2) is 88.5 Å². The monoisotopic (exact) mass is 738 g/mol. The highest BCUT2D eigenvalue weighted by molar-refractivity contribution is 6.01. The molecule has 8 rings (SSSR count). The maximum absolute atomic E-state index is 14.3. The third-order valence-electron chi connectivity index (χ3n) is 11.1. The molecule has 3 fully saturated rings. The fourth-order valence-corrected chi connectivity index (χ4v) is 8.24. The van der Waals surface area contributed by atoms with Crippen molar-refractivity contribution < 1.29 is 39.2 Å². The first kappa shape index (κ1) is 37.1. The van der Waals surface area contributed by atoms with Crippen molar-refractivity contribution in [3.05, 3.63) is 105 Å². The molecule has 2 bridgehead atoms. The van der Waals surface area contributed by atoms with Crippen LogP contribution in [0.2, 0.25) is 0 Å². The number of rotatable bonds is 15. The quantitative estimate of drug-likeness (QED) is 0.0772. The molecule has 3 aliphatic heterocycles. The Morgan fingerprint density at radius 3 is 2.57 bits per heavy atom. The Kier molecular flexibility index (Phi) is 11.0. The van der Waals surface area contributed by atoms with Gasteiger partial charge in [0.2, 0.25) is 5.56 Å². The van der Waals surface area contributed by atoms with Crippen molar-refractivity contribution in [3.63, 3.8) is 0 Å². The fraction of sp³-hybridized carbons (Fsp3) is 0.415. The second-order valence-electron chi connectivity index (χ2n) is 14.5. The van der Waals surface area contributed by atoms with E-state index < -0.39 is 35.4 Å². The van der Waals surface area contributed by atoms with Gasteiger partial charge in [-0.25, -0.2) is 4.79 Å². The Balaban J connectivity index is 0.933. The Bertz CT molecular complexity index is 2080. The van der Waals surface area contributed by atoms with Crippen molar-refractivity contribution in [1.82, 2.24) is 20.5 Å². The lowest BCUT2D eigenvalue weighted by Gasteiger charge is -2.45. The van der Waals surface area contributed by atoms with Gasteiger partial charge in [-0.1, -0.05) is 36.4 Å². The number of carbonyl (C=O) groups is 3. The number of aromatic amines is 1. The van der Waals surface area contributed by atoms with Crippen LogP contribution in [0.25, 0.3) is 10.9 Å². The lowest BCUT2D eigenvalue weighted by Crippen LogP contribution is -2.60. The van der Waals surface area contributed by atoms with Crippen molar-refractivity contribution in [3.8, 4) is 11.5 Å². The largest absolute Gasteiger partial charge is 0.506 e. The standard InChI is InChI=1S/C41H46N4O9/c46-33-13-11-29(30-12-14-36(48)43-37(30)33)34(47)23-42-17-4-1-5-20-53-28-9-6-8-27(21-28)38(49)44-41(31-10-3-2-7-26(31)22-32(41)39(50)51)40(52)54-35-24-45-18-15-25(35)16-19-45/h2-3,6-14,21,25,32,34-35,42,46-47H,1,4-5,15-20,22-24H2,(H,43,48)(H,44,49)(H,50,51)/t32?,34-,35-,41?/m0/s1. The van der Waals surface area contributed by atoms with E-state index in [2.05, 4.69) is 20.5 Å². The molecule has 0 radical (unpaired) electrons. The van der Waals surface area contributed by atoms with E-state index in [1.807, 2.05) is 0 Å². The van der Waals surface area contributed by atoms with Crippen LogP contribution in [0.3, 0.4) is 0 Å². The van der Waals surface area contributed by atoms with Gasteiger partial charge in [0, 0.05) is 30.1 Å². The number of nitrogens with one attached hydrogen (secondary N) is 3. The number of hydrogen-bond acceptors (Lipinski definition) is 10. The zero-order chi connectivity index (χ0) is 37.8. The number of phenolic OH excluding ortho intramolecular Hbond substituents is 1. The van der Waals surface area contributed by atoms with Gasteiger partial charge < -0.3 is 40.4 Å². The number of piperidine rings is 3. The van der Waals surface area contributed by atoms with E-state index in [0.29, 0.717) is 59.6 Å². The Morgan fingerprint density at radius 1 is 0.981 bits per heavy atom. The van der Waals surface area contributed by atoms with Gasteiger partial charge in [0.1, 0.15) is 17.6 Å². The molecular formula is C41H46N4O9. The number of H-pyrrole nitrogens is 1. The van der Waals surface area contributed by atoms with Gasteiger partial charge >= 0.3 is 11.9 Å². The maximum atomic E-state index is 14.3. The number of carboxylic acids is 1. The summed E-state index contributed by atoms with van der Waals surface area (Å²) in [6.45, 7) is 3.85. The first-order chi connectivity index (χ1) is 26.1. The number of aliphatic hydroxyl groups excluding tert-OH is 1. The van der Waals surface area contributed by atoms with Gasteiger partial charge in [0.25, 0.3) is 5.91 Å². The number of esters is 1. The summed E-state index contributed by atoms with van der Waals surface area (Å²) in [4.78, 5) is 57.5. The highest BCUT2D eigenvalue weighted by Gasteiger charge is 2.59. The molecule has 0 spiro atoms. The molecule has 0 saturated carbocycles. The number of aliphatic carboxylic acids is 1. The number of pyridine rings is 1. The predicted molar refractivity (Wildman–Crippen MR) is 199 cm³/mol. The average molecular weight is 739 g/mol. The number of carboxylic acid groups (broad SMARTS) is 1. The van der Waals surface area contributed by atoms with Gasteiger partial charge in [0.15, 0.2) is 5.54 Å². The van der Waals surface area contributed by atoms with Crippen LogP contribution in [0.1, 0.15) is 65.3 Å². The Morgan fingerprint density at radius 2 is 1.80 bits per heavy atom. The highest BCUT2D eigenvalue weighted by Crippen LogP contribution is 2.44. The van der Waals surface area contributed by atoms with E-state index in [4.69, 9.17) is 9.47 Å². The van der Waals surface area contributed by atoms with Gasteiger partial charge in [0.05, 0.1) is 24.1 Å². The van der Waals surface area contributed by atoms with E-state index >= 15 is 0 Å². The van der Waals surface area contributed by atoms with E-state index in [0.717, 1.165) is 45.2 Å². The summed E-state index contributed by atoms with van der Waals surface area (Å²) in [7, 11) is 0. The summed E-state index contributed by atoms with van der Waals surface area (Å²) in [5, 5.41) is 38.0. The minimum atomic E-state index is -1.90. The number of ether oxygens (including phenoxy) is 2. The number of nitrogens with zero attached hydrogens (tertiary/aromatic N) is 1. The summed E-state index contributed by atoms with van der Waals surface area (Å²) < 4.78 is 12.1. The van der Waals surface area contributed by atoms with Crippen LogP contribution in [-0.2, 0) is 26.3 Å². The number of benzene rings is 3. The molecule has 13 nitrogen and oxygen atoms in total. The predicted octanol–water partition coefficient (Wildman–Crippen LogP) is 3.63. The third-order valence-corrected chi connectivity index (χ3v) is 11.1. The Labute approximate surface area is 312 Å². The van der Waals surface area contributed by atoms with Crippen LogP contribution in [0.5, 0.6) is 11.5 Å². The molecule has 1 amide bonds. The summed E-state index contributed by atoms with van der Waals surface area (Å²) in [5.41, 5.74) is 0.0170. The summed E-state index contributed by atoms with van der Waals surface area (Å²) in [6, 6.07) is 19.7. The van der Waals surface area contributed by atoms with Crippen LogP contribution in [0, 0.1) is 11.8 Å². The van der Waals surface area contributed by atoms with Crippen LogP contribution in [0.4, 0.5) is 0 Å². The average Bonchev–Trinajstić information content (AvgIpc) is 3.52. The van der Waals surface area contributed by atoms with Crippen LogP contribution in [0.15, 0.2) is 77.6 Å². The smallest absolute Gasteiger partial charge is 0.337 e. The molecule has 4 aliphatic rings. The summed E-state index contributed by atoms with van der Waals surface area (Å²) in [6.07, 6.45) is 3.11. The minimum absolute atomic E-state index is 0.0574. The van der Waals surface area contributed by atoms with E-state index in [1.165, 1.54) is 12.1 Å². The lowest BCUT2D eigenvalue weighted by atomic mass is 9.82. The van der Waals surface area contributed by atoms with Crippen molar-refractivity contribution >= 4 is 28.7 Å². The van der Waals surface area contributed by atoms with Crippen LogP contribution >= 0.6 is 0 Å². The zero-order valence-corrected chi connectivity index (χ0v) is 30.0. The topological polar surface area (TPSA) is 191 Å². The highest BCUT2D eigenvalue weighted by atomic mass is 16.5. The molecule has 284 valence electrons. The van der Waals surface area contributed by atoms with E-state index in [-0.39, 0.29) is 35.3 Å². The minimum Gasteiger partial charge on any atom is -0.506 e. The number of aromatic nitrogens is 1. The van der Waals surface area contributed by atoms with Crippen molar-refractivity contribution in [1.29, 1.82) is 0 Å². The molecule has 3 saturated heterocycles. The van der Waals surface area contributed by atoms with E-state index in [1.54, 1.807) is 60.7 Å². The summed E-state index contributed by atoms with van der Waals surface area (Å²) >= 11 is 0. The first-order valence-electron chi connectivity index (χ1n) is 18.7. The maximum Gasteiger partial charge on any atom is 0.337 e. The summed E-state index contributed by atoms with van der Waals surface area (Å²) in [5.74, 6) is -3.16. The molecule has 3 aromatic carbocycles. The molecule has 13 heteroatoms. The molecule has 2 unspecified atom stereocenters. The first-order valence-corrected chi connectivity index (χ1v) is 18.7. The number of hydrogen-bond donors (Lipinski definition) is 6. The zero-order valence-electron chi connectivity index (χ0n) is 30.0. The number of carbonyl (C=O) groups excluding carboxylic acids is 2. The molecular weight excluding hydrogens is 692 g/mol. The van der Waals surface area contributed by atoms with Crippen molar-refractivity contribution in [2.24, 2.45) is 11.8 Å². The Hall–Kier alpha value is -5.24. The number of aromatic hydroxyl groups is 1. The number of amides is 1. The second-order valence-corrected chi connectivity index (χ2v) is 14.5. The fourth-order valence-electron chi connectivity index (χ4n) is 8.24. The van der Waals surface area contributed by atoms with Gasteiger partial charge in [-0.05, 0) is 111 Å². The molecule has 4 atom stereocenters. The van der Waals surface area contributed by atoms with Gasteiger partial charge in [-0.15, -0.1) is 0 Å². The molecule has 4 heterocycles. The number of aliphatic hydroxyl groups is 1. The lowest BCUT2D eigenvalue weighted by molar-refractivity contribution is -0.173. The van der Waals surface area contributed by atoms with Crippen LogP contribution < -0.4 is 20.9 Å². The molecule has 4 aromatic rings. The van der Waals surface area contributed by atoms with Gasteiger partial charge in [-0.3, -0.25) is 19.3 Å². The third kappa shape index (κ3) is 7.57. The normalized spacial score (nSPS) is 23.4. The van der Waals surface area contributed by atoms with Crippen molar-refractivity contribution in [2.45, 2.75) is 56.3 Å². The van der Waals surface area contributed by atoms with Crippen molar-refractivity contribution in [2.75, 3.05) is 39.3 Å².